The number of hydrogen-bond donors (Lipinski definition) is 1. The molecule has 1 fully saturated rings. The molecule has 2 rings (SSSR count). The van der Waals surface area contributed by atoms with E-state index in [1.807, 2.05) is 31.3 Å². The van der Waals surface area contributed by atoms with E-state index in [1.165, 1.54) is 5.56 Å². The van der Waals surface area contributed by atoms with Gasteiger partial charge in [-0.05, 0) is 31.2 Å². The molecule has 18 heavy (non-hydrogen) atoms. The molecule has 1 saturated heterocycles. The summed E-state index contributed by atoms with van der Waals surface area (Å²) in [6.07, 6.45) is 1.22. The lowest BCUT2D eigenvalue weighted by molar-refractivity contribution is -0.143. The van der Waals surface area contributed by atoms with Gasteiger partial charge in [0, 0.05) is 12.5 Å². The second-order valence-corrected chi connectivity index (χ2v) is 4.38. The SMILES string of the molecule is CCC(NC)c1ccc(OC2CCOC2=O)cc1. The molecule has 1 aromatic rings. The Hall–Kier alpha value is -1.55. The lowest BCUT2D eigenvalue weighted by Gasteiger charge is -2.15. The first-order chi connectivity index (χ1) is 8.74. The van der Waals surface area contributed by atoms with Gasteiger partial charge >= 0.3 is 5.97 Å². The zero-order chi connectivity index (χ0) is 13.0. The van der Waals surface area contributed by atoms with Crippen molar-refractivity contribution in [3.63, 3.8) is 0 Å². The van der Waals surface area contributed by atoms with E-state index in [2.05, 4.69) is 12.2 Å². The minimum atomic E-state index is -0.442. The number of nitrogens with one attached hydrogen (secondary N) is 1. The lowest BCUT2D eigenvalue weighted by Crippen LogP contribution is -2.21. The second-order valence-electron chi connectivity index (χ2n) is 4.38. The molecule has 2 unspecified atom stereocenters. The van der Waals surface area contributed by atoms with Gasteiger partial charge in [-0.1, -0.05) is 19.1 Å². The quantitative estimate of drug-likeness (QED) is 0.811. The van der Waals surface area contributed by atoms with Crippen molar-refractivity contribution in [1.29, 1.82) is 0 Å². The molecular weight excluding hydrogens is 230 g/mol. The molecule has 1 N–H and O–H groups in total. The highest BCUT2D eigenvalue weighted by Crippen LogP contribution is 2.22. The monoisotopic (exact) mass is 249 g/mol. The summed E-state index contributed by atoms with van der Waals surface area (Å²) in [7, 11) is 1.95. The standard InChI is InChI=1S/C14H19NO3/c1-3-12(15-2)10-4-6-11(7-5-10)18-13-8-9-17-14(13)16/h4-7,12-13,15H,3,8-9H2,1-2H3. The Balaban J connectivity index is 2.01. The Morgan fingerprint density at radius 1 is 1.44 bits per heavy atom. The van der Waals surface area contributed by atoms with Crippen LogP contribution in [0, 0.1) is 0 Å². The molecule has 2 atom stereocenters. The summed E-state index contributed by atoms with van der Waals surface area (Å²) >= 11 is 0. The van der Waals surface area contributed by atoms with E-state index < -0.39 is 6.10 Å². The van der Waals surface area contributed by atoms with Crippen molar-refractivity contribution in [2.24, 2.45) is 0 Å². The van der Waals surface area contributed by atoms with Gasteiger partial charge in [-0.2, -0.15) is 0 Å². The molecule has 1 aromatic carbocycles. The summed E-state index contributed by atoms with van der Waals surface area (Å²) in [4.78, 5) is 11.3. The van der Waals surface area contributed by atoms with Crippen LogP contribution in [-0.4, -0.2) is 25.7 Å². The highest BCUT2D eigenvalue weighted by atomic mass is 16.6. The van der Waals surface area contributed by atoms with E-state index in [4.69, 9.17) is 9.47 Å². The first-order valence-corrected chi connectivity index (χ1v) is 6.35. The van der Waals surface area contributed by atoms with Crippen LogP contribution < -0.4 is 10.1 Å². The third-order valence-electron chi connectivity index (χ3n) is 3.20. The van der Waals surface area contributed by atoms with E-state index in [0.29, 0.717) is 24.8 Å². The average molecular weight is 249 g/mol. The topological polar surface area (TPSA) is 47.6 Å². The van der Waals surface area contributed by atoms with Gasteiger partial charge in [0.1, 0.15) is 5.75 Å². The third kappa shape index (κ3) is 2.82. The summed E-state index contributed by atoms with van der Waals surface area (Å²) in [5.74, 6) is 0.453. The minimum Gasteiger partial charge on any atom is -0.479 e. The zero-order valence-electron chi connectivity index (χ0n) is 10.8. The van der Waals surface area contributed by atoms with Crippen molar-refractivity contribution < 1.29 is 14.3 Å². The second kappa shape index (κ2) is 5.87. The van der Waals surface area contributed by atoms with Crippen LogP contribution in [-0.2, 0) is 9.53 Å². The van der Waals surface area contributed by atoms with Crippen LogP contribution in [0.1, 0.15) is 31.4 Å². The van der Waals surface area contributed by atoms with Crippen LogP contribution in [0.3, 0.4) is 0 Å². The van der Waals surface area contributed by atoms with Gasteiger partial charge in [0.05, 0.1) is 6.61 Å². The first kappa shape index (κ1) is 12.9. The summed E-state index contributed by atoms with van der Waals surface area (Å²) < 4.78 is 10.5. The fourth-order valence-corrected chi connectivity index (χ4v) is 2.13. The number of esters is 1. The molecule has 1 aliphatic rings. The number of rotatable bonds is 5. The number of cyclic esters (lactones) is 1. The van der Waals surface area contributed by atoms with E-state index in [9.17, 15) is 4.79 Å². The molecule has 0 aliphatic carbocycles. The fourth-order valence-electron chi connectivity index (χ4n) is 2.13. The van der Waals surface area contributed by atoms with Gasteiger partial charge < -0.3 is 14.8 Å². The molecule has 0 aromatic heterocycles. The number of hydrogen-bond acceptors (Lipinski definition) is 4. The molecule has 4 nitrogen and oxygen atoms in total. The van der Waals surface area contributed by atoms with Gasteiger partial charge in [-0.25, -0.2) is 4.79 Å². The van der Waals surface area contributed by atoms with E-state index in [0.717, 1.165) is 6.42 Å². The Kier molecular flexibility index (Phi) is 4.20. The highest BCUT2D eigenvalue weighted by molar-refractivity contribution is 5.76. The maximum atomic E-state index is 11.3. The third-order valence-corrected chi connectivity index (χ3v) is 3.20. The van der Waals surface area contributed by atoms with Crippen molar-refractivity contribution in [3.05, 3.63) is 29.8 Å². The van der Waals surface area contributed by atoms with Crippen LogP contribution in [0.5, 0.6) is 5.75 Å². The van der Waals surface area contributed by atoms with Gasteiger partial charge in [0.15, 0.2) is 6.10 Å². The van der Waals surface area contributed by atoms with Gasteiger partial charge in [-0.15, -0.1) is 0 Å². The Labute approximate surface area is 107 Å². The van der Waals surface area contributed by atoms with Crippen molar-refractivity contribution in [2.75, 3.05) is 13.7 Å². The first-order valence-electron chi connectivity index (χ1n) is 6.35. The maximum absolute atomic E-state index is 11.3. The molecule has 98 valence electrons. The molecular formula is C14H19NO3. The summed E-state index contributed by atoms with van der Waals surface area (Å²) in [5, 5.41) is 3.25. The largest absolute Gasteiger partial charge is 0.479 e. The van der Waals surface area contributed by atoms with Gasteiger partial charge in [-0.3, -0.25) is 0 Å². The predicted octanol–water partition coefficient (Wildman–Crippen LogP) is 2.05. The molecule has 0 spiro atoms. The van der Waals surface area contributed by atoms with Crippen LogP contribution in [0.2, 0.25) is 0 Å². The van der Waals surface area contributed by atoms with Gasteiger partial charge in [0.25, 0.3) is 0 Å². The maximum Gasteiger partial charge on any atom is 0.347 e. The minimum absolute atomic E-state index is 0.263. The number of carbonyl (C=O) groups excluding carboxylic acids is 1. The molecule has 0 bridgehead atoms. The van der Waals surface area contributed by atoms with Crippen LogP contribution in [0.25, 0.3) is 0 Å². The van der Waals surface area contributed by atoms with Crippen LogP contribution in [0.4, 0.5) is 0 Å². The van der Waals surface area contributed by atoms with E-state index in [-0.39, 0.29) is 5.97 Å². The van der Waals surface area contributed by atoms with Crippen molar-refractivity contribution in [3.8, 4) is 5.75 Å². The Bertz CT molecular complexity index is 398. The average Bonchev–Trinajstić information content (AvgIpc) is 2.79. The normalized spacial score (nSPS) is 20.6. The van der Waals surface area contributed by atoms with Crippen molar-refractivity contribution in [1.82, 2.24) is 5.32 Å². The summed E-state index contributed by atoms with van der Waals surface area (Å²) in [5.41, 5.74) is 1.22. The Morgan fingerprint density at radius 3 is 2.67 bits per heavy atom. The molecule has 0 radical (unpaired) electrons. The Morgan fingerprint density at radius 2 is 2.17 bits per heavy atom. The van der Waals surface area contributed by atoms with E-state index in [1.54, 1.807) is 0 Å². The molecule has 0 saturated carbocycles. The molecule has 0 amide bonds. The molecule has 1 aliphatic heterocycles. The highest BCUT2D eigenvalue weighted by Gasteiger charge is 2.28. The molecule has 1 heterocycles. The number of carbonyl (C=O) groups is 1. The van der Waals surface area contributed by atoms with Gasteiger partial charge in [0.2, 0.25) is 0 Å². The fraction of sp³-hybridized carbons (Fsp3) is 0.500. The zero-order valence-corrected chi connectivity index (χ0v) is 10.8. The van der Waals surface area contributed by atoms with Crippen molar-refractivity contribution >= 4 is 5.97 Å². The van der Waals surface area contributed by atoms with E-state index >= 15 is 0 Å². The smallest absolute Gasteiger partial charge is 0.347 e. The van der Waals surface area contributed by atoms with Crippen molar-refractivity contribution in [2.45, 2.75) is 31.9 Å². The molecule has 4 heteroatoms. The summed E-state index contributed by atoms with van der Waals surface area (Å²) in [6.45, 7) is 2.60. The predicted molar refractivity (Wildman–Crippen MR) is 68.5 cm³/mol. The lowest BCUT2D eigenvalue weighted by atomic mass is 10.0. The summed E-state index contributed by atoms with van der Waals surface area (Å²) in [6, 6.07) is 8.22. The van der Waals surface area contributed by atoms with Crippen LogP contribution in [0.15, 0.2) is 24.3 Å². The van der Waals surface area contributed by atoms with Crippen LogP contribution >= 0.6 is 0 Å². The number of ether oxygens (including phenoxy) is 2. The number of benzene rings is 1.